The normalized spacial score (nSPS) is 11.3. The predicted octanol–water partition coefficient (Wildman–Crippen LogP) is 4.95. The second-order valence-corrected chi connectivity index (χ2v) is 6.61. The van der Waals surface area contributed by atoms with Crippen molar-refractivity contribution in [3.63, 3.8) is 0 Å². The monoisotopic (exact) mass is 358 g/mol. The number of anilines is 1. The van der Waals surface area contributed by atoms with Crippen LogP contribution in [0.3, 0.4) is 0 Å². The van der Waals surface area contributed by atoms with Crippen LogP contribution in [0.2, 0.25) is 0 Å². The van der Waals surface area contributed by atoms with Crippen LogP contribution in [0.15, 0.2) is 68.2 Å². The molecule has 0 amide bonds. The molecule has 2 aromatic carbocycles. The highest BCUT2D eigenvalue weighted by molar-refractivity contribution is 7.90. The molecule has 2 rings (SSSR count). The van der Waals surface area contributed by atoms with Crippen LogP contribution in [0, 0.1) is 0 Å². The lowest BCUT2D eigenvalue weighted by atomic mass is 10.2. The maximum absolute atomic E-state index is 11.6. The van der Waals surface area contributed by atoms with Crippen LogP contribution in [-0.4, -0.2) is 21.5 Å². The Kier molecular flexibility index (Phi) is 6.10. The van der Waals surface area contributed by atoms with Crippen LogP contribution in [0.1, 0.15) is 13.8 Å². The van der Waals surface area contributed by atoms with Gasteiger partial charge in [-0.15, -0.1) is 0 Å². The number of hydrogen-bond donors (Lipinski definition) is 0. The highest BCUT2D eigenvalue weighted by Crippen LogP contribution is 2.23. The summed E-state index contributed by atoms with van der Waals surface area (Å²) in [6, 6.07) is 13.3. The molecule has 0 spiro atoms. The molecular formula is C16H18N6O2S. The van der Waals surface area contributed by atoms with Gasteiger partial charge in [0.25, 0.3) is 10.0 Å². The maximum atomic E-state index is 11.6. The molecule has 0 fully saturated rings. The van der Waals surface area contributed by atoms with E-state index in [-0.39, 0.29) is 4.90 Å². The lowest BCUT2D eigenvalue weighted by molar-refractivity contribution is 0.597. The van der Waals surface area contributed by atoms with Gasteiger partial charge >= 0.3 is 0 Å². The number of sulfonamides is 1. The van der Waals surface area contributed by atoms with E-state index in [0.29, 0.717) is 11.4 Å². The van der Waals surface area contributed by atoms with Gasteiger partial charge in [-0.1, -0.05) is 0 Å². The van der Waals surface area contributed by atoms with Crippen molar-refractivity contribution in [2.45, 2.75) is 18.7 Å². The molecule has 130 valence electrons. The Morgan fingerprint density at radius 3 is 1.84 bits per heavy atom. The molecule has 0 unspecified atom stereocenters. The zero-order valence-electron chi connectivity index (χ0n) is 13.9. The van der Waals surface area contributed by atoms with Gasteiger partial charge in [-0.3, -0.25) is 0 Å². The van der Waals surface area contributed by atoms with Gasteiger partial charge < -0.3 is 4.90 Å². The van der Waals surface area contributed by atoms with Gasteiger partial charge in [0, 0.05) is 28.2 Å². The second-order valence-electron chi connectivity index (χ2n) is 5.03. The molecule has 0 radical (unpaired) electrons. The quantitative estimate of drug-likeness (QED) is 0.396. The summed E-state index contributed by atoms with van der Waals surface area (Å²) in [5.41, 5.74) is 10.6. The van der Waals surface area contributed by atoms with Crippen molar-refractivity contribution in [2.75, 3.05) is 18.0 Å². The van der Waals surface area contributed by atoms with Crippen molar-refractivity contribution >= 4 is 27.1 Å². The van der Waals surface area contributed by atoms with Crippen LogP contribution < -0.4 is 4.90 Å². The van der Waals surface area contributed by atoms with E-state index in [4.69, 9.17) is 5.53 Å². The Morgan fingerprint density at radius 1 is 0.920 bits per heavy atom. The fourth-order valence-corrected chi connectivity index (χ4v) is 2.88. The number of benzene rings is 2. The van der Waals surface area contributed by atoms with E-state index >= 15 is 0 Å². The highest BCUT2D eigenvalue weighted by Gasteiger charge is 2.11. The highest BCUT2D eigenvalue weighted by atomic mass is 32.2. The van der Waals surface area contributed by atoms with Crippen LogP contribution in [0.25, 0.3) is 10.4 Å². The molecular weight excluding hydrogens is 340 g/mol. The number of azo groups is 1. The summed E-state index contributed by atoms with van der Waals surface area (Å²) >= 11 is 0. The topological polar surface area (TPSA) is 111 Å². The van der Waals surface area contributed by atoms with Crippen molar-refractivity contribution < 1.29 is 8.42 Å². The third-order valence-electron chi connectivity index (χ3n) is 3.54. The van der Waals surface area contributed by atoms with Gasteiger partial charge in [0.05, 0.1) is 16.3 Å². The van der Waals surface area contributed by atoms with Gasteiger partial charge in [-0.2, -0.15) is 10.2 Å². The van der Waals surface area contributed by atoms with Gasteiger partial charge in [-0.05, 0) is 67.9 Å². The molecule has 25 heavy (non-hydrogen) atoms. The van der Waals surface area contributed by atoms with E-state index < -0.39 is 10.0 Å². The largest absolute Gasteiger partial charge is 0.372 e. The summed E-state index contributed by atoms with van der Waals surface area (Å²) in [7, 11) is -3.98. The fourth-order valence-electron chi connectivity index (χ4n) is 2.21. The molecule has 0 atom stereocenters. The van der Waals surface area contributed by atoms with E-state index in [9.17, 15) is 8.42 Å². The first-order chi connectivity index (χ1) is 12.0. The molecule has 0 saturated heterocycles. The zero-order chi connectivity index (χ0) is 18.3. The van der Waals surface area contributed by atoms with Crippen LogP contribution in [-0.2, 0) is 10.0 Å². The number of nitrogens with zero attached hydrogens (tertiary/aromatic N) is 6. The van der Waals surface area contributed by atoms with Gasteiger partial charge in [0.1, 0.15) is 0 Å². The molecule has 0 aliphatic carbocycles. The number of rotatable bonds is 7. The summed E-state index contributed by atoms with van der Waals surface area (Å²) in [5, 5.41) is 8.21. The third-order valence-corrected chi connectivity index (χ3v) is 4.69. The van der Waals surface area contributed by atoms with E-state index in [1.807, 2.05) is 24.3 Å². The first-order valence-corrected chi connectivity index (χ1v) is 9.12. The van der Waals surface area contributed by atoms with E-state index in [2.05, 4.69) is 38.4 Å². The first kappa shape index (κ1) is 18.4. The SMILES string of the molecule is CCN(CC)c1ccc(N=Nc2ccc(S(=O)(=O)N=[N+]=[N-])cc2)cc1. The molecule has 0 aliphatic rings. The number of hydrogen-bond acceptors (Lipinski definition) is 5. The van der Waals surface area contributed by atoms with Gasteiger partial charge in [-0.25, -0.2) is 8.42 Å². The predicted molar refractivity (Wildman–Crippen MR) is 97.0 cm³/mol. The third kappa shape index (κ3) is 4.79. The Morgan fingerprint density at radius 2 is 1.40 bits per heavy atom. The van der Waals surface area contributed by atoms with Crippen molar-refractivity contribution in [1.82, 2.24) is 0 Å². The first-order valence-electron chi connectivity index (χ1n) is 7.68. The zero-order valence-corrected chi connectivity index (χ0v) is 14.8. The Labute approximate surface area is 146 Å². The van der Waals surface area contributed by atoms with Crippen LogP contribution in [0.5, 0.6) is 0 Å². The molecule has 9 heteroatoms. The van der Waals surface area contributed by atoms with Gasteiger partial charge in [0.15, 0.2) is 0 Å². The van der Waals surface area contributed by atoms with E-state index in [0.717, 1.165) is 18.8 Å². The summed E-state index contributed by atoms with van der Waals surface area (Å²) in [4.78, 5) is 4.44. The summed E-state index contributed by atoms with van der Waals surface area (Å²) in [5.74, 6) is 0. The van der Waals surface area contributed by atoms with Crippen molar-refractivity contribution in [3.8, 4) is 0 Å². The molecule has 0 aromatic heterocycles. The fraction of sp³-hybridized carbons (Fsp3) is 0.250. The van der Waals surface area contributed by atoms with E-state index in [1.54, 1.807) is 0 Å². The minimum Gasteiger partial charge on any atom is -0.372 e. The van der Waals surface area contributed by atoms with Crippen molar-refractivity contribution in [3.05, 3.63) is 59.0 Å². The van der Waals surface area contributed by atoms with Crippen molar-refractivity contribution in [2.24, 2.45) is 14.7 Å². The summed E-state index contributed by atoms with van der Waals surface area (Å²) in [6.45, 7) is 6.07. The molecule has 8 nitrogen and oxygen atoms in total. The molecule has 2 aromatic rings. The van der Waals surface area contributed by atoms with Crippen LogP contribution in [0.4, 0.5) is 17.1 Å². The smallest absolute Gasteiger partial charge is 0.264 e. The Hall–Kier alpha value is -2.90. The summed E-state index contributed by atoms with van der Waals surface area (Å²) in [6.07, 6.45) is 0. The molecule has 0 saturated carbocycles. The average molecular weight is 358 g/mol. The van der Waals surface area contributed by atoms with Crippen LogP contribution >= 0.6 is 0 Å². The molecule has 0 aliphatic heterocycles. The Balaban J connectivity index is 2.13. The number of azide groups is 1. The lowest BCUT2D eigenvalue weighted by Crippen LogP contribution is -2.21. The minimum absolute atomic E-state index is 0.0900. The molecule has 0 N–H and O–H groups in total. The summed E-state index contributed by atoms with van der Waals surface area (Å²) < 4.78 is 25.9. The van der Waals surface area contributed by atoms with Crippen molar-refractivity contribution in [1.29, 1.82) is 0 Å². The molecule has 0 bridgehead atoms. The standard InChI is InChI=1S/C16H18N6O2S/c1-3-22(4-2)15-9-5-13(6-10-15)18-19-14-7-11-16(12-8-14)25(23,24)21-20-17/h5-12H,3-4H2,1-2H3. The Bertz CT molecular complexity index is 881. The average Bonchev–Trinajstić information content (AvgIpc) is 2.62. The maximum Gasteiger partial charge on any atom is 0.264 e. The van der Waals surface area contributed by atoms with Gasteiger partial charge in [0.2, 0.25) is 0 Å². The molecule has 0 heterocycles. The minimum atomic E-state index is -3.98. The van der Waals surface area contributed by atoms with E-state index in [1.165, 1.54) is 24.3 Å². The second kappa shape index (κ2) is 8.27. The lowest BCUT2D eigenvalue weighted by Gasteiger charge is -2.20.